The summed E-state index contributed by atoms with van der Waals surface area (Å²) < 4.78 is 5.67. The largest absolute Gasteiger partial charge is 0.439 e. The molecule has 0 radical (unpaired) electrons. The molecule has 0 amide bonds. The Balaban J connectivity index is 2.25. The highest BCUT2D eigenvalue weighted by molar-refractivity contribution is 5.50. The van der Waals surface area contributed by atoms with Crippen LogP contribution in [0.25, 0.3) is 0 Å². The van der Waals surface area contributed by atoms with E-state index in [9.17, 15) is 0 Å². The lowest BCUT2D eigenvalue weighted by molar-refractivity contribution is 0.462. The van der Waals surface area contributed by atoms with Crippen LogP contribution in [0.15, 0.2) is 30.3 Å². The van der Waals surface area contributed by atoms with Crippen molar-refractivity contribution in [2.24, 2.45) is 0 Å². The van der Waals surface area contributed by atoms with Gasteiger partial charge in [0, 0.05) is 37.6 Å². The van der Waals surface area contributed by atoms with Crippen LogP contribution in [0.4, 0.5) is 11.6 Å². The number of rotatable bonds is 3. The molecule has 0 saturated heterocycles. The van der Waals surface area contributed by atoms with Crippen LogP contribution >= 0.6 is 0 Å². The molecule has 0 aliphatic heterocycles. The van der Waals surface area contributed by atoms with Crippen molar-refractivity contribution in [2.75, 3.05) is 24.7 Å². The summed E-state index contributed by atoms with van der Waals surface area (Å²) in [5, 5.41) is 0. The fourth-order valence-corrected chi connectivity index (χ4v) is 1.56. The Morgan fingerprint density at radius 1 is 1.17 bits per heavy atom. The second-order valence-corrected chi connectivity index (χ2v) is 4.20. The van der Waals surface area contributed by atoms with E-state index in [-0.39, 0.29) is 5.95 Å². The molecule has 18 heavy (non-hydrogen) atoms. The van der Waals surface area contributed by atoms with Crippen molar-refractivity contribution in [3.8, 4) is 11.6 Å². The molecule has 2 aromatic rings. The molecule has 94 valence electrons. The predicted octanol–water partition coefficient (Wildman–Crippen LogP) is 2.23. The van der Waals surface area contributed by atoms with Crippen molar-refractivity contribution >= 4 is 11.6 Å². The summed E-state index contributed by atoms with van der Waals surface area (Å²) in [6, 6.07) is 9.50. The molecule has 0 aliphatic rings. The first kappa shape index (κ1) is 12.2. The van der Waals surface area contributed by atoms with E-state index in [4.69, 9.17) is 10.5 Å². The number of aromatic nitrogens is 2. The van der Waals surface area contributed by atoms with Gasteiger partial charge in [-0.25, -0.2) is 4.98 Å². The highest BCUT2D eigenvalue weighted by atomic mass is 16.5. The van der Waals surface area contributed by atoms with Crippen molar-refractivity contribution in [3.05, 3.63) is 36.0 Å². The lowest BCUT2D eigenvalue weighted by Gasteiger charge is -2.13. The van der Waals surface area contributed by atoms with Crippen LogP contribution in [-0.2, 0) is 0 Å². The van der Waals surface area contributed by atoms with Gasteiger partial charge >= 0.3 is 0 Å². The number of nitrogens with zero attached hydrogens (tertiary/aromatic N) is 3. The molecule has 1 aromatic heterocycles. The average molecular weight is 244 g/mol. The lowest BCUT2D eigenvalue weighted by Crippen LogP contribution is -2.08. The van der Waals surface area contributed by atoms with E-state index in [1.54, 1.807) is 6.07 Å². The zero-order valence-corrected chi connectivity index (χ0v) is 10.7. The van der Waals surface area contributed by atoms with Gasteiger partial charge in [-0.05, 0) is 19.1 Å². The van der Waals surface area contributed by atoms with Crippen LogP contribution in [0.2, 0.25) is 0 Å². The summed E-state index contributed by atoms with van der Waals surface area (Å²) in [5.74, 6) is 1.39. The average Bonchev–Trinajstić information content (AvgIpc) is 2.27. The third kappa shape index (κ3) is 2.88. The molecule has 0 spiro atoms. The Kier molecular flexibility index (Phi) is 3.32. The Bertz CT molecular complexity index is 534. The number of nitrogen functional groups attached to an aromatic ring is 1. The molecule has 1 heterocycles. The fourth-order valence-electron chi connectivity index (χ4n) is 1.56. The van der Waals surface area contributed by atoms with Crippen molar-refractivity contribution in [1.82, 2.24) is 9.97 Å². The van der Waals surface area contributed by atoms with Crippen molar-refractivity contribution in [1.29, 1.82) is 0 Å². The van der Waals surface area contributed by atoms with Gasteiger partial charge in [-0.2, -0.15) is 4.98 Å². The Morgan fingerprint density at radius 3 is 2.61 bits per heavy atom. The van der Waals surface area contributed by atoms with E-state index >= 15 is 0 Å². The molecule has 5 heteroatoms. The molecule has 0 bridgehead atoms. The van der Waals surface area contributed by atoms with E-state index in [0.29, 0.717) is 5.88 Å². The highest BCUT2D eigenvalue weighted by Gasteiger charge is 2.03. The highest BCUT2D eigenvalue weighted by Crippen LogP contribution is 2.24. The second kappa shape index (κ2) is 4.91. The molecule has 0 atom stereocenters. The van der Waals surface area contributed by atoms with Crippen LogP contribution in [0.5, 0.6) is 11.6 Å². The van der Waals surface area contributed by atoms with Gasteiger partial charge in [-0.3, -0.25) is 0 Å². The van der Waals surface area contributed by atoms with E-state index in [1.165, 1.54) is 0 Å². The summed E-state index contributed by atoms with van der Waals surface area (Å²) in [5.41, 5.74) is 7.42. The number of hydrogen-bond donors (Lipinski definition) is 1. The Labute approximate surface area is 106 Å². The zero-order chi connectivity index (χ0) is 13.1. The van der Waals surface area contributed by atoms with Gasteiger partial charge in [0.2, 0.25) is 11.8 Å². The van der Waals surface area contributed by atoms with E-state index in [0.717, 1.165) is 17.1 Å². The van der Waals surface area contributed by atoms with Crippen LogP contribution in [0, 0.1) is 6.92 Å². The first-order valence-corrected chi connectivity index (χ1v) is 5.61. The molecular formula is C13H16N4O. The van der Waals surface area contributed by atoms with Gasteiger partial charge in [-0.1, -0.05) is 6.07 Å². The minimum atomic E-state index is 0.216. The van der Waals surface area contributed by atoms with Gasteiger partial charge in [0.15, 0.2) is 0 Å². The Morgan fingerprint density at radius 2 is 1.94 bits per heavy atom. The molecule has 2 rings (SSSR count). The number of hydrogen-bond acceptors (Lipinski definition) is 5. The monoisotopic (exact) mass is 244 g/mol. The standard InChI is InChI=1S/C13H16N4O/c1-9-7-12(16-13(14)15-9)18-11-6-4-5-10(8-11)17(2)3/h4-8H,1-3H3,(H2,14,15,16). The number of anilines is 2. The third-order valence-corrected chi connectivity index (χ3v) is 2.40. The van der Waals surface area contributed by atoms with Crippen LogP contribution in [-0.4, -0.2) is 24.1 Å². The van der Waals surface area contributed by atoms with E-state index in [1.807, 2.05) is 50.2 Å². The normalized spacial score (nSPS) is 10.2. The number of aryl methyl sites for hydroxylation is 1. The summed E-state index contributed by atoms with van der Waals surface area (Å²) in [6.45, 7) is 1.85. The molecular weight excluding hydrogens is 228 g/mol. The molecule has 0 fully saturated rings. The molecule has 5 nitrogen and oxygen atoms in total. The van der Waals surface area contributed by atoms with Crippen LogP contribution in [0.1, 0.15) is 5.69 Å². The summed E-state index contributed by atoms with van der Waals surface area (Å²) in [4.78, 5) is 10.0. The number of ether oxygens (including phenoxy) is 1. The van der Waals surface area contributed by atoms with Gasteiger partial charge in [0.1, 0.15) is 5.75 Å². The van der Waals surface area contributed by atoms with E-state index in [2.05, 4.69) is 9.97 Å². The number of benzene rings is 1. The van der Waals surface area contributed by atoms with Gasteiger partial charge in [0.25, 0.3) is 0 Å². The molecule has 0 unspecified atom stereocenters. The predicted molar refractivity (Wildman–Crippen MR) is 72.0 cm³/mol. The molecule has 0 saturated carbocycles. The summed E-state index contributed by atoms with van der Waals surface area (Å²) in [7, 11) is 3.96. The van der Waals surface area contributed by atoms with Crippen molar-refractivity contribution in [3.63, 3.8) is 0 Å². The van der Waals surface area contributed by atoms with E-state index < -0.39 is 0 Å². The maximum atomic E-state index is 5.67. The summed E-state index contributed by atoms with van der Waals surface area (Å²) >= 11 is 0. The fraction of sp³-hybridized carbons (Fsp3) is 0.231. The topological polar surface area (TPSA) is 64.3 Å². The first-order valence-electron chi connectivity index (χ1n) is 5.61. The number of nitrogens with two attached hydrogens (primary N) is 1. The maximum Gasteiger partial charge on any atom is 0.224 e. The quantitative estimate of drug-likeness (QED) is 0.896. The smallest absolute Gasteiger partial charge is 0.224 e. The minimum absolute atomic E-state index is 0.216. The summed E-state index contributed by atoms with van der Waals surface area (Å²) in [6.07, 6.45) is 0. The lowest BCUT2D eigenvalue weighted by atomic mass is 10.3. The van der Waals surface area contributed by atoms with Gasteiger partial charge in [0.05, 0.1) is 0 Å². The third-order valence-electron chi connectivity index (χ3n) is 2.40. The van der Waals surface area contributed by atoms with Crippen molar-refractivity contribution < 1.29 is 4.74 Å². The Hall–Kier alpha value is -2.30. The second-order valence-electron chi connectivity index (χ2n) is 4.20. The maximum absolute atomic E-state index is 5.67. The van der Waals surface area contributed by atoms with Crippen LogP contribution in [0.3, 0.4) is 0 Å². The van der Waals surface area contributed by atoms with Gasteiger partial charge < -0.3 is 15.4 Å². The minimum Gasteiger partial charge on any atom is -0.439 e. The van der Waals surface area contributed by atoms with Crippen LogP contribution < -0.4 is 15.4 Å². The van der Waals surface area contributed by atoms with Crippen molar-refractivity contribution in [2.45, 2.75) is 6.92 Å². The zero-order valence-electron chi connectivity index (χ0n) is 10.7. The first-order chi connectivity index (χ1) is 8.54. The molecule has 2 N–H and O–H groups in total. The molecule has 0 aliphatic carbocycles. The molecule has 1 aromatic carbocycles. The van der Waals surface area contributed by atoms with Gasteiger partial charge in [-0.15, -0.1) is 0 Å². The SMILES string of the molecule is Cc1cc(Oc2cccc(N(C)C)c2)nc(N)n1.